The van der Waals surface area contributed by atoms with Gasteiger partial charge >= 0.3 is 5.97 Å². The van der Waals surface area contributed by atoms with Gasteiger partial charge in [0.15, 0.2) is 0 Å². The third kappa shape index (κ3) is 1.34. The molecule has 3 aliphatic heterocycles. The highest BCUT2D eigenvalue weighted by Gasteiger charge is 2.65. The monoisotopic (exact) mass is 239 g/mol. The van der Waals surface area contributed by atoms with Gasteiger partial charge in [-0.2, -0.15) is 0 Å². The maximum absolute atomic E-state index is 12.3. The SMILES string of the molecule is COC(=O)C1(C2(O)CCC2)CN2CCC1CC2. The molecule has 3 heterocycles. The highest BCUT2D eigenvalue weighted by Crippen LogP contribution is 2.56. The molecule has 17 heavy (non-hydrogen) atoms. The van der Waals surface area contributed by atoms with E-state index in [1.807, 2.05) is 0 Å². The van der Waals surface area contributed by atoms with Crippen LogP contribution in [0.4, 0.5) is 0 Å². The summed E-state index contributed by atoms with van der Waals surface area (Å²) in [5.41, 5.74) is -1.44. The Bertz CT molecular complexity index is 332. The molecule has 4 rings (SSSR count). The number of methoxy groups -OCH3 is 1. The average molecular weight is 239 g/mol. The van der Waals surface area contributed by atoms with Crippen LogP contribution in [0.15, 0.2) is 0 Å². The quantitative estimate of drug-likeness (QED) is 0.724. The van der Waals surface area contributed by atoms with Crippen LogP contribution in [0.3, 0.4) is 0 Å². The predicted octanol–water partition coefficient (Wildman–Crippen LogP) is 0.786. The molecule has 2 bridgehead atoms. The Morgan fingerprint density at radius 2 is 2.00 bits per heavy atom. The Kier molecular flexibility index (Phi) is 2.49. The maximum Gasteiger partial charge on any atom is 0.316 e. The van der Waals surface area contributed by atoms with E-state index in [0.717, 1.165) is 45.2 Å². The van der Waals surface area contributed by atoms with E-state index in [4.69, 9.17) is 4.74 Å². The largest absolute Gasteiger partial charge is 0.468 e. The van der Waals surface area contributed by atoms with Crippen molar-refractivity contribution in [2.24, 2.45) is 11.3 Å². The topological polar surface area (TPSA) is 49.8 Å². The fraction of sp³-hybridized carbons (Fsp3) is 0.923. The van der Waals surface area contributed by atoms with Crippen molar-refractivity contribution in [1.82, 2.24) is 4.90 Å². The number of hydrogen-bond donors (Lipinski definition) is 1. The van der Waals surface area contributed by atoms with Crippen LogP contribution in [0.25, 0.3) is 0 Å². The van der Waals surface area contributed by atoms with Gasteiger partial charge in [-0.15, -0.1) is 0 Å². The molecule has 0 radical (unpaired) electrons. The fourth-order valence-electron chi connectivity index (χ4n) is 4.15. The highest BCUT2D eigenvalue weighted by atomic mass is 16.5. The van der Waals surface area contributed by atoms with Crippen molar-refractivity contribution in [3.05, 3.63) is 0 Å². The first-order chi connectivity index (χ1) is 8.12. The van der Waals surface area contributed by atoms with Crippen molar-refractivity contribution in [3.8, 4) is 0 Å². The van der Waals surface area contributed by atoms with Gasteiger partial charge in [-0.05, 0) is 51.1 Å². The van der Waals surface area contributed by atoms with Gasteiger partial charge in [0, 0.05) is 6.54 Å². The van der Waals surface area contributed by atoms with Gasteiger partial charge in [-0.3, -0.25) is 4.79 Å². The predicted molar refractivity (Wildman–Crippen MR) is 62.4 cm³/mol. The molecule has 96 valence electrons. The smallest absolute Gasteiger partial charge is 0.316 e. The van der Waals surface area contributed by atoms with E-state index in [-0.39, 0.29) is 5.97 Å². The van der Waals surface area contributed by atoms with Gasteiger partial charge < -0.3 is 14.7 Å². The summed E-state index contributed by atoms with van der Waals surface area (Å²) in [7, 11) is 1.45. The summed E-state index contributed by atoms with van der Waals surface area (Å²) in [6.45, 7) is 2.83. The van der Waals surface area contributed by atoms with Crippen molar-refractivity contribution in [2.45, 2.75) is 37.7 Å². The molecule has 3 saturated heterocycles. The normalized spacial score (nSPS) is 42.9. The van der Waals surface area contributed by atoms with Crippen LogP contribution in [-0.4, -0.2) is 48.3 Å². The molecule has 0 aromatic rings. The summed E-state index contributed by atoms with van der Waals surface area (Å²) in [5.74, 6) is 0.124. The number of fused-ring (bicyclic) bond motifs is 3. The Balaban J connectivity index is 1.99. The van der Waals surface area contributed by atoms with Gasteiger partial charge in [0.25, 0.3) is 0 Å². The first-order valence-corrected chi connectivity index (χ1v) is 6.65. The van der Waals surface area contributed by atoms with Crippen LogP contribution in [0.5, 0.6) is 0 Å². The van der Waals surface area contributed by atoms with Gasteiger partial charge in [-0.25, -0.2) is 0 Å². The second kappa shape index (κ2) is 3.69. The van der Waals surface area contributed by atoms with E-state index in [2.05, 4.69) is 4.90 Å². The summed E-state index contributed by atoms with van der Waals surface area (Å²) in [5, 5.41) is 10.8. The lowest BCUT2D eigenvalue weighted by Gasteiger charge is -2.60. The molecule has 1 saturated carbocycles. The van der Waals surface area contributed by atoms with Crippen LogP contribution in [0.1, 0.15) is 32.1 Å². The van der Waals surface area contributed by atoms with Gasteiger partial charge in [0.1, 0.15) is 5.41 Å². The Labute approximate surface area is 102 Å². The molecule has 4 aliphatic rings. The minimum Gasteiger partial charge on any atom is -0.468 e. The average Bonchev–Trinajstić information content (AvgIpc) is 2.35. The summed E-state index contributed by atoms with van der Waals surface area (Å²) >= 11 is 0. The van der Waals surface area contributed by atoms with E-state index in [1.54, 1.807) is 0 Å². The van der Waals surface area contributed by atoms with Crippen molar-refractivity contribution in [1.29, 1.82) is 0 Å². The second-order valence-corrected chi connectivity index (χ2v) is 5.90. The molecule has 0 aromatic carbocycles. The Hall–Kier alpha value is -0.610. The van der Waals surface area contributed by atoms with E-state index in [9.17, 15) is 9.90 Å². The zero-order chi connectivity index (χ0) is 12.1. The molecule has 1 N–H and O–H groups in total. The molecule has 4 nitrogen and oxygen atoms in total. The number of ether oxygens (including phenoxy) is 1. The van der Waals surface area contributed by atoms with Crippen LogP contribution in [0, 0.1) is 11.3 Å². The molecule has 1 aliphatic carbocycles. The van der Waals surface area contributed by atoms with Crippen molar-refractivity contribution < 1.29 is 14.6 Å². The fourth-order valence-corrected chi connectivity index (χ4v) is 4.15. The molecule has 4 heteroatoms. The number of nitrogens with zero attached hydrogens (tertiary/aromatic N) is 1. The number of hydrogen-bond acceptors (Lipinski definition) is 4. The third-order valence-corrected chi connectivity index (χ3v) is 5.32. The first-order valence-electron chi connectivity index (χ1n) is 6.65. The number of esters is 1. The Morgan fingerprint density at radius 3 is 2.35 bits per heavy atom. The molecule has 1 unspecified atom stereocenters. The molecular formula is C13H21NO3. The van der Waals surface area contributed by atoms with Crippen molar-refractivity contribution in [2.75, 3.05) is 26.7 Å². The van der Waals surface area contributed by atoms with E-state index < -0.39 is 11.0 Å². The van der Waals surface area contributed by atoms with Gasteiger partial charge in [-0.1, -0.05) is 0 Å². The molecule has 1 atom stereocenters. The molecule has 4 fully saturated rings. The van der Waals surface area contributed by atoms with Crippen molar-refractivity contribution >= 4 is 5.97 Å². The second-order valence-electron chi connectivity index (χ2n) is 5.90. The van der Waals surface area contributed by atoms with E-state index in [0.29, 0.717) is 12.5 Å². The molecule has 0 amide bonds. The number of rotatable bonds is 2. The van der Waals surface area contributed by atoms with E-state index in [1.165, 1.54) is 7.11 Å². The van der Waals surface area contributed by atoms with Crippen LogP contribution >= 0.6 is 0 Å². The summed E-state index contributed by atoms with van der Waals surface area (Å²) < 4.78 is 5.04. The standard InChI is InChI=1S/C13H21NO3/c1-17-11(15)13(12(16)5-2-6-12)9-14-7-3-10(13)4-8-14/h10,16H,2-9H2,1H3. The molecular weight excluding hydrogens is 218 g/mol. The van der Waals surface area contributed by atoms with Gasteiger partial charge in [0.2, 0.25) is 0 Å². The molecule has 0 aromatic heterocycles. The zero-order valence-electron chi connectivity index (χ0n) is 10.4. The van der Waals surface area contributed by atoms with Crippen LogP contribution in [0.2, 0.25) is 0 Å². The van der Waals surface area contributed by atoms with Crippen LogP contribution in [-0.2, 0) is 9.53 Å². The summed E-state index contributed by atoms with van der Waals surface area (Å²) in [6.07, 6.45) is 4.59. The summed E-state index contributed by atoms with van der Waals surface area (Å²) in [4.78, 5) is 14.6. The Morgan fingerprint density at radius 1 is 1.35 bits per heavy atom. The molecule has 0 spiro atoms. The van der Waals surface area contributed by atoms with Crippen molar-refractivity contribution in [3.63, 3.8) is 0 Å². The third-order valence-electron chi connectivity index (χ3n) is 5.32. The minimum atomic E-state index is -0.802. The lowest BCUT2D eigenvalue weighted by Crippen LogP contribution is -2.70. The number of carbonyl (C=O) groups excluding carboxylic acids is 1. The first kappa shape index (κ1) is 11.5. The number of carbonyl (C=O) groups is 1. The van der Waals surface area contributed by atoms with Gasteiger partial charge in [0.05, 0.1) is 12.7 Å². The highest BCUT2D eigenvalue weighted by molar-refractivity contribution is 5.80. The van der Waals surface area contributed by atoms with Crippen LogP contribution < -0.4 is 0 Å². The zero-order valence-corrected chi connectivity index (χ0v) is 10.4. The summed E-state index contributed by atoms with van der Waals surface area (Å²) in [6, 6.07) is 0. The lowest BCUT2D eigenvalue weighted by atomic mass is 9.52. The lowest BCUT2D eigenvalue weighted by molar-refractivity contribution is -0.222. The minimum absolute atomic E-state index is 0.186. The maximum atomic E-state index is 12.3. The number of piperidine rings is 3. The number of aliphatic hydroxyl groups is 1. The van der Waals surface area contributed by atoms with E-state index >= 15 is 0 Å².